The molecule has 0 aromatic heterocycles. The normalized spacial score (nSPS) is 25.2. The van der Waals surface area contributed by atoms with Crippen LogP contribution >= 0.6 is 0 Å². The minimum absolute atomic E-state index is 0.0337. The third-order valence-corrected chi connectivity index (χ3v) is 14.9. The standard InChI is InChI=1S/C46H52O12S2/c1-27-13-19-33(20-14-27)59(49,50)57-37-23-17-31(25-39(37)53-5)41-43(45(47)55-35-11-7-9-29(35)3)42(44(41)46(48)56-36-12-8-10-30(36)4)32-18-24-38(40(26-32)54-6)58-60(51,52)34-21-15-28(2)16-22-34/h13-26,29-30,35-36,41-44H,7-12H2,1-6H3/t29-,30-,35+,36+,41?,42?,43?,44?/m0/s1. The molecule has 0 bridgehead atoms. The number of esters is 2. The van der Waals surface area contributed by atoms with Gasteiger partial charge in [-0.25, -0.2) is 0 Å². The number of hydrogen-bond donors (Lipinski definition) is 0. The van der Waals surface area contributed by atoms with Crippen molar-refractivity contribution in [3.05, 3.63) is 107 Å². The molecule has 60 heavy (non-hydrogen) atoms. The minimum atomic E-state index is -4.25. The highest BCUT2D eigenvalue weighted by Gasteiger charge is 2.60. The van der Waals surface area contributed by atoms with Gasteiger partial charge in [-0.05, 0) is 124 Å². The van der Waals surface area contributed by atoms with Crippen LogP contribution in [0.2, 0.25) is 0 Å². The van der Waals surface area contributed by atoms with Gasteiger partial charge in [0, 0.05) is 11.8 Å². The van der Waals surface area contributed by atoms with Gasteiger partial charge in [0.1, 0.15) is 22.0 Å². The second kappa shape index (κ2) is 17.5. The van der Waals surface area contributed by atoms with Gasteiger partial charge in [0.2, 0.25) is 0 Å². The van der Waals surface area contributed by atoms with E-state index in [1.54, 1.807) is 48.5 Å². The Labute approximate surface area is 352 Å². The van der Waals surface area contributed by atoms with Crippen molar-refractivity contribution in [3.8, 4) is 23.0 Å². The fraction of sp³-hybridized carbons (Fsp3) is 0.435. The number of rotatable bonds is 14. The predicted molar refractivity (Wildman–Crippen MR) is 222 cm³/mol. The van der Waals surface area contributed by atoms with E-state index >= 15 is 0 Å². The van der Waals surface area contributed by atoms with Gasteiger partial charge in [-0.2, -0.15) is 16.8 Å². The summed E-state index contributed by atoms with van der Waals surface area (Å²) in [5.41, 5.74) is 2.80. The molecule has 0 aliphatic heterocycles. The van der Waals surface area contributed by atoms with E-state index in [0.717, 1.165) is 36.8 Å². The van der Waals surface area contributed by atoms with E-state index in [4.69, 9.17) is 27.3 Å². The van der Waals surface area contributed by atoms with Crippen LogP contribution in [0.15, 0.2) is 94.7 Å². The summed E-state index contributed by atoms with van der Waals surface area (Å²) in [5, 5.41) is 0. The molecular weight excluding hydrogens is 809 g/mol. The molecule has 3 aliphatic carbocycles. The number of carbonyl (C=O) groups excluding carboxylic acids is 2. The lowest BCUT2D eigenvalue weighted by Crippen LogP contribution is -2.53. The Kier molecular flexibility index (Phi) is 12.5. The molecule has 0 spiro atoms. The third-order valence-electron chi connectivity index (χ3n) is 12.4. The molecule has 0 heterocycles. The Morgan fingerprint density at radius 2 is 0.883 bits per heavy atom. The van der Waals surface area contributed by atoms with E-state index in [1.807, 2.05) is 27.7 Å². The highest BCUT2D eigenvalue weighted by Crippen LogP contribution is 2.60. The van der Waals surface area contributed by atoms with Gasteiger partial charge in [-0.3, -0.25) is 9.59 Å². The molecule has 0 amide bonds. The van der Waals surface area contributed by atoms with E-state index in [-0.39, 0.29) is 56.8 Å². The first-order valence-electron chi connectivity index (χ1n) is 20.4. The zero-order valence-corrected chi connectivity index (χ0v) is 36.3. The first kappa shape index (κ1) is 43.0. The SMILES string of the molecule is COc1cc(C2C(C(=O)O[C@@H]3CCC[C@@H]3C)C(c3ccc(OS(=O)(=O)c4ccc(C)cc4)c(OC)c3)C2C(=O)O[C@@H]2CCC[C@@H]2C)ccc1OS(=O)(=O)c1ccc(C)cc1. The molecule has 320 valence electrons. The summed E-state index contributed by atoms with van der Waals surface area (Å²) < 4.78 is 88.3. The molecular formula is C46H52O12S2. The summed E-state index contributed by atoms with van der Waals surface area (Å²) in [5.74, 6) is -4.09. The van der Waals surface area contributed by atoms with Crippen molar-refractivity contribution in [2.75, 3.05) is 14.2 Å². The number of benzene rings is 4. The molecule has 0 N–H and O–H groups in total. The number of carbonyl (C=O) groups is 2. The van der Waals surface area contributed by atoms with Crippen LogP contribution in [-0.4, -0.2) is 55.2 Å². The van der Waals surface area contributed by atoms with Crippen LogP contribution in [-0.2, 0) is 39.3 Å². The van der Waals surface area contributed by atoms with Crippen molar-refractivity contribution < 1.29 is 53.7 Å². The van der Waals surface area contributed by atoms with Gasteiger partial charge in [0.25, 0.3) is 0 Å². The molecule has 4 aromatic rings. The van der Waals surface area contributed by atoms with E-state index < -0.39 is 55.8 Å². The van der Waals surface area contributed by atoms with E-state index in [2.05, 4.69) is 0 Å². The van der Waals surface area contributed by atoms with E-state index in [9.17, 15) is 26.4 Å². The van der Waals surface area contributed by atoms with Gasteiger partial charge in [0.05, 0.1) is 26.1 Å². The largest absolute Gasteiger partial charge is 0.493 e. The Morgan fingerprint density at radius 1 is 0.517 bits per heavy atom. The molecule has 0 radical (unpaired) electrons. The number of methoxy groups -OCH3 is 2. The summed E-state index contributed by atoms with van der Waals surface area (Å²) in [4.78, 5) is 29.1. The molecule has 4 atom stereocenters. The lowest BCUT2D eigenvalue weighted by atomic mass is 9.52. The quantitative estimate of drug-likeness (QED) is 0.0882. The Balaban J connectivity index is 1.29. The van der Waals surface area contributed by atoms with Gasteiger partial charge < -0.3 is 27.3 Å². The topological polar surface area (TPSA) is 158 Å². The van der Waals surface area contributed by atoms with Crippen LogP contribution < -0.4 is 17.8 Å². The highest BCUT2D eigenvalue weighted by molar-refractivity contribution is 7.87. The maximum absolute atomic E-state index is 14.6. The second-order valence-electron chi connectivity index (χ2n) is 16.4. The summed E-state index contributed by atoms with van der Waals surface area (Å²) in [6.07, 6.45) is 4.47. The van der Waals surface area contributed by atoms with Crippen LogP contribution in [0.1, 0.15) is 86.5 Å². The van der Waals surface area contributed by atoms with Crippen molar-refractivity contribution in [3.63, 3.8) is 0 Å². The molecule has 0 saturated heterocycles. The van der Waals surface area contributed by atoms with Gasteiger partial charge >= 0.3 is 32.2 Å². The average Bonchev–Trinajstić information content (AvgIpc) is 3.81. The first-order chi connectivity index (χ1) is 28.6. The summed E-state index contributed by atoms with van der Waals surface area (Å²) in [6, 6.07) is 21.9. The maximum atomic E-state index is 14.6. The van der Waals surface area contributed by atoms with Crippen molar-refractivity contribution in [1.29, 1.82) is 0 Å². The molecule has 3 fully saturated rings. The van der Waals surface area contributed by atoms with Gasteiger partial charge in [0.15, 0.2) is 23.0 Å². The zero-order valence-electron chi connectivity index (χ0n) is 34.7. The molecule has 3 saturated carbocycles. The minimum Gasteiger partial charge on any atom is -0.493 e. The Hall–Kier alpha value is -5.08. The Bertz CT molecular complexity index is 2250. The van der Waals surface area contributed by atoms with Crippen molar-refractivity contribution in [2.24, 2.45) is 23.7 Å². The summed E-state index contributed by atoms with van der Waals surface area (Å²) >= 11 is 0. The Morgan fingerprint density at radius 3 is 1.20 bits per heavy atom. The van der Waals surface area contributed by atoms with E-state index in [1.165, 1.54) is 50.6 Å². The second-order valence-corrected chi connectivity index (χ2v) is 19.5. The third kappa shape index (κ3) is 8.86. The van der Waals surface area contributed by atoms with Crippen molar-refractivity contribution in [1.82, 2.24) is 0 Å². The van der Waals surface area contributed by atoms with Gasteiger partial charge in [-0.1, -0.05) is 61.4 Å². The fourth-order valence-electron chi connectivity index (χ4n) is 8.86. The molecule has 4 aromatic carbocycles. The smallest absolute Gasteiger partial charge is 0.339 e. The predicted octanol–water partition coefficient (Wildman–Crippen LogP) is 8.43. The molecule has 0 unspecified atom stereocenters. The van der Waals surface area contributed by atoms with Crippen LogP contribution in [0.4, 0.5) is 0 Å². The zero-order chi connectivity index (χ0) is 42.9. The maximum Gasteiger partial charge on any atom is 0.339 e. The lowest BCUT2D eigenvalue weighted by molar-refractivity contribution is -0.174. The van der Waals surface area contributed by atoms with Gasteiger partial charge in [-0.15, -0.1) is 0 Å². The molecule has 12 nitrogen and oxygen atoms in total. The monoisotopic (exact) mass is 860 g/mol. The first-order valence-corrected chi connectivity index (χ1v) is 23.2. The van der Waals surface area contributed by atoms with Crippen LogP contribution in [0.3, 0.4) is 0 Å². The summed E-state index contributed by atoms with van der Waals surface area (Å²) in [6.45, 7) is 7.79. The van der Waals surface area contributed by atoms with Crippen molar-refractivity contribution in [2.45, 2.75) is 100 Å². The number of hydrogen-bond acceptors (Lipinski definition) is 12. The molecule has 3 aliphatic rings. The fourth-order valence-corrected chi connectivity index (χ4v) is 10.7. The summed E-state index contributed by atoms with van der Waals surface area (Å²) in [7, 11) is -5.73. The van der Waals surface area contributed by atoms with Crippen LogP contribution in [0.5, 0.6) is 23.0 Å². The molecule has 14 heteroatoms. The molecule has 7 rings (SSSR count). The van der Waals surface area contributed by atoms with Crippen LogP contribution in [0.25, 0.3) is 0 Å². The number of ether oxygens (including phenoxy) is 4. The average molecular weight is 861 g/mol. The van der Waals surface area contributed by atoms with Crippen molar-refractivity contribution >= 4 is 32.2 Å². The van der Waals surface area contributed by atoms with E-state index in [0.29, 0.717) is 24.0 Å². The lowest BCUT2D eigenvalue weighted by Gasteiger charge is -2.50. The highest BCUT2D eigenvalue weighted by atomic mass is 32.2. The van der Waals surface area contributed by atoms with Crippen LogP contribution in [0, 0.1) is 37.5 Å². The number of aryl methyl sites for hydroxylation is 2.